The molecule has 3 rings (SSSR count). The third-order valence-electron chi connectivity index (χ3n) is 5.45. The Balaban J connectivity index is 1.85. The Labute approximate surface area is 186 Å². The first-order valence-corrected chi connectivity index (χ1v) is 10.9. The zero-order chi connectivity index (χ0) is 22.4. The van der Waals surface area contributed by atoms with Crippen LogP contribution in [0.5, 0.6) is 0 Å². The smallest absolute Gasteiger partial charge is 0.338 e. The normalized spacial score (nSPS) is 20.1. The van der Waals surface area contributed by atoms with E-state index in [0.717, 1.165) is 0 Å². The van der Waals surface area contributed by atoms with Crippen LogP contribution in [-0.2, 0) is 19.1 Å². The van der Waals surface area contributed by atoms with E-state index in [0.29, 0.717) is 60.9 Å². The molecule has 0 aliphatic carbocycles. The van der Waals surface area contributed by atoms with Gasteiger partial charge in [-0.25, -0.2) is 9.59 Å². The number of hydrogen-bond acceptors (Lipinski definition) is 6. The van der Waals surface area contributed by atoms with Crippen LogP contribution in [0, 0.1) is 5.92 Å². The standard InChI is InChI=1S/C22H28ClN3O5/c1-3-30-20(27)14-9-11-26(12-10-14)13-17-18(21(28)31-4-2)19(25-22(29)24-17)15-7-5-6-8-16(15)23/h5-8,14,19H,3-4,9-13H2,1-2H3,(H2,24,25,29)/t19-/m0/s1. The van der Waals surface area contributed by atoms with Crippen LogP contribution < -0.4 is 10.6 Å². The molecule has 0 spiro atoms. The van der Waals surface area contributed by atoms with E-state index < -0.39 is 18.0 Å². The number of rotatable bonds is 7. The summed E-state index contributed by atoms with van der Waals surface area (Å²) in [6.45, 7) is 5.79. The van der Waals surface area contributed by atoms with Crippen molar-refractivity contribution in [3.8, 4) is 0 Å². The predicted molar refractivity (Wildman–Crippen MR) is 115 cm³/mol. The number of urea groups is 1. The Morgan fingerprint density at radius 2 is 1.81 bits per heavy atom. The Morgan fingerprint density at radius 3 is 2.45 bits per heavy atom. The topological polar surface area (TPSA) is 97.0 Å². The quantitative estimate of drug-likeness (QED) is 0.621. The maximum Gasteiger partial charge on any atom is 0.338 e. The minimum atomic E-state index is -0.714. The summed E-state index contributed by atoms with van der Waals surface area (Å²) in [5.74, 6) is -0.785. The van der Waals surface area contributed by atoms with Gasteiger partial charge in [0.25, 0.3) is 0 Å². The lowest BCUT2D eigenvalue weighted by molar-refractivity contribution is -0.149. The Kier molecular flexibility index (Phi) is 7.92. The molecule has 1 saturated heterocycles. The van der Waals surface area contributed by atoms with Gasteiger partial charge in [-0.15, -0.1) is 0 Å². The van der Waals surface area contributed by atoms with Gasteiger partial charge in [0.15, 0.2) is 0 Å². The van der Waals surface area contributed by atoms with Crippen LogP contribution in [0.3, 0.4) is 0 Å². The number of piperidine rings is 1. The van der Waals surface area contributed by atoms with Crippen LogP contribution in [-0.4, -0.2) is 55.7 Å². The fourth-order valence-electron chi connectivity index (χ4n) is 3.95. The van der Waals surface area contributed by atoms with Crippen LogP contribution in [0.4, 0.5) is 4.79 Å². The van der Waals surface area contributed by atoms with Crippen molar-refractivity contribution in [3.63, 3.8) is 0 Å². The second-order valence-electron chi connectivity index (χ2n) is 7.47. The fourth-order valence-corrected chi connectivity index (χ4v) is 4.19. The van der Waals surface area contributed by atoms with E-state index in [1.807, 2.05) is 0 Å². The number of nitrogens with one attached hydrogen (secondary N) is 2. The average molecular weight is 450 g/mol. The molecule has 0 saturated carbocycles. The van der Waals surface area contributed by atoms with E-state index in [-0.39, 0.29) is 18.5 Å². The molecule has 2 aliphatic rings. The molecule has 0 aromatic heterocycles. The molecule has 8 nitrogen and oxygen atoms in total. The summed E-state index contributed by atoms with van der Waals surface area (Å²) in [6.07, 6.45) is 1.34. The van der Waals surface area contributed by atoms with Gasteiger partial charge in [0.1, 0.15) is 0 Å². The van der Waals surface area contributed by atoms with E-state index in [9.17, 15) is 14.4 Å². The minimum absolute atomic E-state index is 0.117. The zero-order valence-electron chi connectivity index (χ0n) is 17.8. The number of carbonyl (C=O) groups is 3. The third kappa shape index (κ3) is 5.57. The number of ether oxygens (including phenoxy) is 2. The van der Waals surface area contributed by atoms with Crippen molar-refractivity contribution < 1.29 is 23.9 Å². The lowest BCUT2D eigenvalue weighted by atomic mass is 9.93. The number of amides is 2. The summed E-state index contributed by atoms with van der Waals surface area (Å²) < 4.78 is 10.4. The molecule has 2 aliphatic heterocycles. The van der Waals surface area contributed by atoms with Crippen LogP contribution in [0.25, 0.3) is 0 Å². The van der Waals surface area contributed by atoms with Gasteiger partial charge in [-0.1, -0.05) is 29.8 Å². The molecule has 0 unspecified atom stereocenters. The molecule has 0 radical (unpaired) electrons. The SMILES string of the molecule is CCOC(=O)C1=C(CN2CCC(C(=O)OCC)CC2)NC(=O)N[C@H]1c1ccccc1Cl. The highest BCUT2D eigenvalue weighted by atomic mass is 35.5. The molecule has 2 amide bonds. The van der Waals surface area contributed by atoms with Gasteiger partial charge in [-0.2, -0.15) is 0 Å². The number of benzene rings is 1. The van der Waals surface area contributed by atoms with Crippen molar-refractivity contribution in [1.82, 2.24) is 15.5 Å². The molecule has 2 heterocycles. The van der Waals surface area contributed by atoms with Crippen molar-refractivity contribution in [2.75, 3.05) is 32.8 Å². The molecule has 0 bridgehead atoms. The fraction of sp³-hybridized carbons (Fsp3) is 0.500. The van der Waals surface area contributed by atoms with Crippen molar-refractivity contribution in [2.24, 2.45) is 5.92 Å². The Bertz CT molecular complexity index is 864. The minimum Gasteiger partial charge on any atom is -0.466 e. The summed E-state index contributed by atoms with van der Waals surface area (Å²) >= 11 is 6.36. The Hall–Kier alpha value is -2.58. The first-order chi connectivity index (χ1) is 14.9. The number of likely N-dealkylation sites (tertiary alicyclic amines) is 1. The van der Waals surface area contributed by atoms with E-state index in [2.05, 4.69) is 15.5 Å². The summed E-state index contributed by atoms with van der Waals surface area (Å²) in [5, 5.41) is 6.02. The highest BCUT2D eigenvalue weighted by Crippen LogP contribution is 2.32. The molecular weight excluding hydrogens is 422 g/mol. The maximum absolute atomic E-state index is 12.9. The molecule has 1 aromatic carbocycles. The van der Waals surface area contributed by atoms with Gasteiger partial charge >= 0.3 is 18.0 Å². The molecule has 1 aromatic rings. The summed E-state index contributed by atoms with van der Waals surface area (Å²) in [5.41, 5.74) is 1.45. The van der Waals surface area contributed by atoms with Crippen molar-refractivity contribution in [2.45, 2.75) is 32.7 Å². The van der Waals surface area contributed by atoms with Crippen LogP contribution in [0.15, 0.2) is 35.5 Å². The summed E-state index contributed by atoms with van der Waals surface area (Å²) in [6, 6.07) is 5.96. The number of halogens is 1. The predicted octanol–water partition coefficient (Wildman–Crippen LogP) is 2.79. The average Bonchev–Trinajstić information content (AvgIpc) is 2.74. The van der Waals surface area contributed by atoms with E-state index in [1.165, 1.54) is 0 Å². The van der Waals surface area contributed by atoms with Crippen molar-refractivity contribution in [3.05, 3.63) is 46.1 Å². The van der Waals surface area contributed by atoms with Gasteiger partial charge in [-0.3, -0.25) is 9.69 Å². The number of carbonyl (C=O) groups excluding carboxylic acids is 3. The first kappa shape index (κ1) is 23.1. The van der Waals surface area contributed by atoms with E-state index >= 15 is 0 Å². The Morgan fingerprint density at radius 1 is 1.13 bits per heavy atom. The monoisotopic (exact) mass is 449 g/mol. The molecule has 1 fully saturated rings. The molecule has 9 heteroatoms. The van der Waals surface area contributed by atoms with Crippen LogP contribution in [0.1, 0.15) is 38.3 Å². The number of hydrogen-bond donors (Lipinski definition) is 2. The lowest BCUT2D eigenvalue weighted by Crippen LogP contribution is -2.49. The van der Waals surface area contributed by atoms with E-state index in [1.54, 1.807) is 38.1 Å². The molecule has 168 valence electrons. The molecular formula is C22H28ClN3O5. The maximum atomic E-state index is 12.9. The molecule has 2 N–H and O–H groups in total. The second kappa shape index (κ2) is 10.6. The van der Waals surface area contributed by atoms with Crippen LogP contribution >= 0.6 is 11.6 Å². The third-order valence-corrected chi connectivity index (χ3v) is 5.80. The van der Waals surface area contributed by atoms with Gasteiger partial charge in [0.05, 0.1) is 30.7 Å². The number of nitrogens with zero attached hydrogens (tertiary/aromatic N) is 1. The van der Waals surface area contributed by atoms with Gasteiger partial charge in [0, 0.05) is 17.3 Å². The van der Waals surface area contributed by atoms with E-state index in [4.69, 9.17) is 21.1 Å². The lowest BCUT2D eigenvalue weighted by Gasteiger charge is -2.35. The van der Waals surface area contributed by atoms with Gasteiger partial charge in [-0.05, 0) is 51.4 Å². The van der Waals surface area contributed by atoms with Crippen molar-refractivity contribution in [1.29, 1.82) is 0 Å². The van der Waals surface area contributed by atoms with Gasteiger partial charge < -0.3 is 20.1 Å². The van der Waals surface area contributed by atoms with Crippen LogP contribution in [0.2, 0.25) is 5.02 Å². The largest absolute Gasteiger partial charge is 0.466 e. The molecule has 31 heavy (non-hydrogen) atoms. The summed E-state index contributed by atoms with van der Waals surface area (Å²) in [4.78, 5) is 39.4. The second-order valence-corrected chi connectivity index (χ2v) is 7.88. The zero-order valence-corrected chi connectivity index (χ0v) is 18.5. The van der Waals surface area contributed by atoms with Crippen molar-refractivity contribution >= 4 is 29.6 Å². The first-order valence-electron chi connectivity index (χ1n) is 10.6. The number of esters is 2. The molecule has 1 atom stereocenters. The highest BCUT2D eigenvalue weighted by molar-refractivity contribution is 6.31. The summed E-state index contributed by atoms with van der Waals surface area (Å²) in [7, 11) is 0. The van der Waals surface area contributed by atoms with Gasteiger partial charge in [0.2, 0.25) is 0 Å². The highest BCUT2D eigenvalue weighted by Gasteiger charge is 2.36.